The van der Waals surface area contributed by atoms with Crippen molar-refractivity contribution in [3.63, 3.8) is 0 Å². The molecule has 1 saturated heterocycles. The highest BCUT2D eigenvalue weighted by Crippen LogP contribution is 2.31. The van der Waals surface area contributed by atoms with Crippen LogP contribution < -0.4 is 21.3 Å². The van der Waals surface area contributed by atoms with Crippen molar-refractivity contribution in [3.05, 3.63) is 101 Å². The lowest BCUT2D eigenvalue weighted by Gasteiger charge is -2.28. The van der Waals surface area contributed by atoms with E-state index in [-0.39, 0.29) is 36.9 Å². The molecule has 5 rings (SSSR count). The zero-order valence-corrected chi connectivity index (χ0v) is 28.1. The number of carbonyl (C=O) groups is 2. The van der Waals surface area contributed by atoms with Crippen LogP contribution in [0.5, 0.6) is 5.75 Å². The number of phenolic OH excluding ortho intramolecular Hbond substituents is 1. The van der Waals surface area contributed by atoms with Crippen LogP contribution in [0.2, 0.25) is 0 Å². The molecule has 6 N–H and O–H groups in total. The van der Waals surface area contributed by atoms with Crippen LogP contribution in [0.25, 0.3) is 0 Å². The zero-order valence-electron chi connectivity index (χ0n) is 27.2. The van der Waals surface area contributed by atoms with Crippen molar-refractivity contribution in [1.29, 1.82) is 0 Å². The van der Waals surface area contributed by atoms with Gasteiger partial charge in [0.15, 0.2) is 0 Å². The number of hydrogen-bond donors (Lipinski definition) is 5. The fourth-order valence-corrected chi connectivity index (χ4v) is 5.73. The lowest BCUT2D eigenvalue weighted by atomic mass is 10.0. The Hall–Kier alpha value is -4.94. The maximum Gasteiger partial charge on any atom is 0.318 e. The summed E-state index contributed by atoms with van der Waals surface area (Å²) >= 11 is 5.53. The molecule has 0 saturated carbocycles. The van der Waals surface area contributed by atoms with Gasteiger partial charge in [-0.15, -0.1) is 0 Å². The van der Waals surface area contributed by atoms with E-state index in [0.29, 0.717) is 24.5 Å². The van der Waals surface area contributed by atoms with Gasteiger partial charge >= 0.3 is 6.03 Å². The van der Waals surface area contributed by atoms with Crippen molar-refractivity contribution in [3.8, 4) is 5.75 Å². The number of nitrogens with zero attached hydrogens (tertiary/aromatic N) is 4. The van der Waals surface area contributed by atoms with Crippen LogP contribution in [0, 0.1) is 6.92 Å². The number of likely N-dealkylation sites (N-methyl/N-ethyl adjacent to an activating group) is 1. The smallest absolute Gasteiger partial charge is 0.318 e. The number of nitrogens with one attached hydrogen (secondary N) is 2. The Labute approximate surface area is 281 Å². The van der Waals surface area contributed by atoms with Gasteiger partial charge < -0.3 is 41.3 Å². The first-order valence-corrected chi connectivity index (χ1v) is 15.8. The number of aliphatic imine (C=N–C) groups is 1. The van der Waals surface area contributed by atoms with Gasteiger partial charge in [0.1, 0.15) is 16.6 Å². The van der Waals surface area contributed by atoms with Gasteiger partial charge in [-0.2, -0.15) is 0 Å². The molecule has 0 aromatic heterocycles. The summed E-state index contributed by atoms with van der Waals surface area (Å²) in [6.45, 7) is 3.31. The highest BCUT2D eigenvalue weighted by Gasteiger charge is 2.32. The molecule has 0 spiro atoms. The summed E-state index contributed by atoms with van der Waals surface area (Å²) in [4.78, 5) is 37.2. The molecule has 1 unspecified atom stereocenters. The number of urea groups is 1. The second-order valence-corrected chi connectivity index (χ2v) is 11.9. The van der Waals surface area contributed by atoms with Crippen molar-refractivity contribution in [1.82, 2.24) is 15.1 Å². The Morgan fingerprint density at radius 2 is 1.87 bits per heavy atom. The minimum atomic E-state index is -0.147. The zero-order chi connectivity index (χ0) is 34.1. The molecule has 2 heterocycles. The minimum absolute atomic E-state index is 0.0281. The van der Waals surface area contributed by atoms with E-state index in [0.717, 1.165) is 51.5 Å². The Kier molecular flexibility index (Phi) is 11.9. The molecule has 3 amide bonds. The van der Waals surface area contributed by atoms with Gasteiger partial charge in [0, 0.05) is 51.6 Å². The number of fused-ring (bicyclic) bond motifs is 1. The predicted molar refractivity (Wildman–Crippen MR) is 191 cm³/mol. The maximum atomic E-state index is 13.7. The number of para-hydroxylation sites is 2. The van der Waals surface area contributed by atoms with Gasteiger partial charge in [-0.3, -0.25) is 9.79 Å². The number of rotatable bonds is 5. The number of aromatic hydroxyl groups is 1. The predicted octanol–water partition coefficient (Wildman–Crippen LogP) is 4.39. The third kappa shape index (κ3) is 8.46. The molecule has 3 aromatic rings. The van der Waals surface area contributed by atoms with Crippen molar-refractivity contribution >= 4 is 46.4 Å². The summed E-state index contributed by atoms with van der Waals surface area (Å²) in [5, 5.41) is 23.6. The normalized spacial score (nSPS) is 17.3. The maximum absolute atomic E-state index is 13.7. The highest BCUT2D eigenvalue weighted by atomic mass is 32.1. The number of amidine groups is 1. The van der Waals surface area contributed by atoms with Crippen LogP contribution in [0.1, 0.15) is 39.9 Å². The summed E-state index contributed by atoms with van der Waals surface area (Å²) < 4.78 is 0. The first-order valence-electron chi connectivity index (χ1n) is 15.4. The number of aryl methyl sites for hydroxylation is 1. The monoisotopic (exact) mass is 657 g/mol. The molecule has 1 atom stereocenters. The van der Waals surface area contributed by atoms with E-state index >= 15 is 0 Å². The molecule has 0 aliphatic carbocycles. The number of thiocarbonyl (C=S) groups is 1. The van der Waals surface area contributed by atoms with E-state index < -0.39 is 0 Å². The molecule has 3 aromatic carbocycles. The minimum Gasteiger partial charge on any atom is -0.508 e. The second-order valence-electron chi connectivity index (χ2n) is 11.5. The van der Waals surface area contributed by atoms with Crippen molar-refractivity contribution in [2.75, 3.05) is 44.4 Å². The molecule has 12 heteroatoms. The van der Waals surface area contributed by atoms with Crippen LogP contribution in [-0.2, 0) is 13.2 Å². The molecule has 2 aliphatic heterocycles. The van der Waals surface area contributed by atoms with E-state index in [9.17, 15) is 9.59 Å². The molecule has 1 fully saturated rings. The number of nitrogens with two attached hydrogens (primary N) is 1. The average Bonchev–Trinajstić information content (AvgIpc) is 3.51. The Morgan fingerprint density at radius 1 is 1.15 bits per heavy atom. The van der Waals surface area contributed by atoms with Crippen molar-refractivity contribution in [2.45, 2.75) is 39.0 Å². The molecule has 248 valence electrons. The first kappa shape index (κ1) is 34.9. The average molecular weight is 658 g/mol. The third-order valence-electron chi connectivity index (χ3n) is 8.13. The number of benzene rings is 3. The SMILES string of the molecule is CN=C1Nc2ccccc2N(C(=O)c2ccc(CNC(=O)N3CCCC3C(=S)N(C)C)c(C)c2)C/C1=C/N.OCc1ccc(O)cc1. The number of carbonyl (C=O) groups excluding carboxylic acids is 2. The topological polar surface area (TPSA) is 147 Å². The van der Waals surface area contributed by atoms with Crippen LogP contribution in [0.15, 0.2) is 83.5 Å². The van der Waals surface area contributed by atoms with E-state index in [1.54, 1.807) is 42.3 Å². The summed E-state index contributed by atoms with van der Waals surface area (Å²) in [6.07, 6.45) is 3.29. The molecule has 47 heavy (non-hydrogen) atoms. The van der Waals surface area contributed by atoms with Crippen LogP contribution >= 0.6 is 12.2 Å². The number of anilines is 2. The second kappa shape index (κ2) is 16.1. The number of amides is 3. The van der Waals surface area contributed by atoms with Crippen LogP contribution in [0.3, 0.4) is 0 Å². The summed E-state index contributed by atoms with van der Waals surface area (Å²) in [5.74, 6) is 0.711. The molecular weight excluding hydrogens is 614 g/mol. The van der Waals surface area contributed by atoms with Gasteiger partial charge in [0.25, 0.3) is 5.91 Å². The van der Waals surface area contributed by atoms with E-state index in [2.05, 4.69) is 15.6 Å². The summed E-state index contributed by atoms with van der Waals surface area (Å²) in [6, 6.07) is 19.4. The third-order valence-corrected chi connectivity index (χ3v) is 8.77. The lowest BCUT2D eigenvalue weighted by molar-refractivity contribution is 0.0989. The molecule has 11 nitrogen and oxygen atoms in total. The van der Waals surface area contributed by atoms with Gasteiger partial charge in [0.2, 0.25) is 0 Å². The lowest BCUT2D eigenvalue weighted by Crippen LogP contribution is -2.48. The van der Waals surface area contributed by atoms with Crippen LogP contribution in [0.4, 0.5) is 16.2 Å². The van der Waals surface area contributed by atoms with Crippen molar-refractivity contribution in [2.24, 2.45) is 10.7 Å². The van der Waals surface area contributed by atoms with Crippen LogP contribution in [-0.4, -0.2) is 83.0 Å². The highest BCUT2D eigenvalue weighted by molar-refractivity contribution is 7.80. The number of likely N-dealkylation sites (tertiary alicyclic amines) is 1. The van der Waals surface area contributed by atoms with Crippen molar-refractivity contribution < 1.29 is 19.8 Å². The first-order chi connectivity index (χ1) is 22.6. The quantitative estimate of drug-likeness (QED) is 0.254. The molecular formula is C35H43N7O4S. The number of hydrogen-bond acceptors (Lipinski definition) is 7. The largest absolute Gasteiger partial charge is 0.508 e. The molecule has 0 radical (unpaired) electrons. The Balaban J connectivity index is 0.000000479. The fourth-order valence-electron chi connectivity index (χ4n) is 5.49. The number of aliphatic hydroxyl groups excluding tert-OH is 1. The Bertz CT molecular complexity index is 1660. The van der Waals surface area contributed by atoms with E-state index in [1.165, 1.54) is 6.20 Å². The fraction of sp³-hybridized carbons (Fsp3) is 0.314. The number of phenols is 1. The van der Waals surface area contributed by atoms with E-state index in [1.807, 2.05) is 67.2 Å². The van der Waals surface area contributed by atoms with Gasteiger partial charge in [-0.05, 0) is 72.9 Å². The number of aliphatic hydroxyl groups is 1. The van der Waals surface area contributed by atoms with E-state index in [4.69, 9.17) is 28.2 Å². The van der Waals surface area contributed by atoms with Gasteiger partial charge in [0.05, 0.1) is 30.6 Å². The molecule has 0 bridgehead atoms. The summed E-state index contributed by atoms with van der Waals surface area (Å²) in [7, 11) is 5.51. The van der Waals surface area contributed by atoms with Gasteiger partial charge in [-0.1, -0.05) is 42.5 Å². The standard InChI is InChI=1S/C28H35N7O2S.C7H8O2/c1-18-14-19(11-12-20(18)16-31-28(37)34-13-7-10-24(34)27(38)33(3)4)26(36)35-17-21(15-29)25(30-2)32-22-8-5-6-9-23(22)35;8-5-6-1-3-7(9)4-2-6/h5-6,8-9,11-12,14-15,24H,7,10,13,16-17,29H2,1-4H3,(H,30,32)(H,31,37);1-4,8-9H,5H2/b21-15-;. The molecule has 2 aliphatic rings. The Morgan fingerprint density at radius 3 is 2.51 bits per heavy atom. The van der Waals surface area contributed by atoms with Gasteiger partial charge in [-0.25, -0.2) is 4.79 Å². The summed E-state index contributed by atoms with van der Waals surface area (Å²) in [5.41, 5.74) is 11.4.